The lowest BCUT2D eigenvalue weighted by Gasteiger charge is -2.18. The molecule has 1 atom stereocenters. The van der Waals surface area contributed by atoms with Crippen LogP contribution in [0.5, 0.6) is 5.75 Å². The molecular formula is C18H15F4NO3. The minimum Gasteiger partial charge on any atom is -0.480 e. The molecule has 8 heteroatoms. The molecule has 2 rings (SSSR count). The highest BCUT2D eigenvalue weighted by molar-refractivity contribution is 5.83. The van der Waals surface area contributed by atoms with Crippen molar-refractivity contribution in [3.8, 4) is 5.75 Å². The first kappa shape index (κ1) is 19.4. The highest BCUT2D eigenvalue weighted by atomic mass is 19.4. The molecule has 1 amide bonds. The van der Waals surface area contributed by atoms with Crippen molar-refractivity contribution >= 4 is 12.2 Å². The zero-order chi connectivity index (χ0) is 19.2. The van der Waals surface area contributed by atoms with Crippen molar-refractivity contribution in [1.29, 1.82) is 0 Å². The molecule has 0 aliphatic rings. The van der Waals surface area contributed by atoms with Gasteiger partial charge in [-0.05, 0) is 23.8 Å². The largest absolute Gasteiger partial charge is 0.480 e. The summed E-state index contributed by atoms with van der Waals surface area (Å²) in [6.07, 6.45) is -6.18. The van der Waals surface area contributed by atoms with Crippen LogP contribution in [-0.2, 0) is 22.3 Å². The molecule has 0 fully saturated rings. The third-order valence-corrected chi connectivity index (χ3v) is 3.43. The van der Waals surface area contributed by atoms with Crippen LogP contribution in [-0.4, -0.2) is 18.3 Å². The minimum absolute atomic E-state index is 0.162. The third-order valence-electron chi connectivity index (χ3n) is 3.43. The predicted molar refractivity (Wildman–Crippen MR) is 84.8 cm³/mol. The van der Waals surface area contributed by atoms with Gasteiger partial charge in [-0.1, -0.05) is 30.3 Å². The molecule has 0 radical (unpaired) electrons. The van der Waals surface area contributed by atoms with E-state index in [2.05, 4.69) is 5.32 Å². The van der Waals surface area contributed by atoms with Crippen molar-refractivity contribution in [2.24, 2.45) is 0 Å². The van der Waals surface area contributed by atoms with E-state index < -0.39 is 29.6 Å². The molecular weight excluding hydrogens is 354 g/mol. The maximum atomic E-state index is 13.3. The molecule has 0 aliphatic heterocycles. The Labute approximate surface area is 146 Å². The fourth-order valence-corrected chi connectivity index (χ4v) is 2.15. The van der Waals surface area contributed by atoms with Crippen molar-refractivity contribution in [3.05, 3.63) is 65.5 Å². The Morgan fingerprint density at radius 1 is 1.15 bits per heavy atom. The molecule has 0 heterocycles. The Balaban J connectivity index is 2.10. The lowest BCUT2D eigenvalue weighted by atomic mass is 10.2. The Morgan fingerprint density at radius 2 is 1.85 bits per heavy atom. The van der Waals surface area contributed by atoms with E-state index in [9.17, 15) is 27.2 Å². The molecule has 0 saturated carbocycles. The average molecular weight is 369 g/mol. The molecule has 0 spiro atoms. The number of rotatable bonds is 7. The molecule has 4 nitrogen and oxygen atoms in total. The van der Waals surface area contributed by atoms with Crippen LogP contribution in [0.2, 0.25) is 0 Å². The van der Waals surface area contributed by atoms with E-state index in [4.69, 9.17) is 4.74 Å². The first-order valence-corrected chi connectivity index (χ1v) is 7.60. The predicted octanol–water partition coefficient (Wildman–Crippen LogP) is 3.50. The number of aldehydes is 1. The van der Waals surface area contributed by atoms with E-state index in [-0.39, 0.29) is 18.7 Å². The summed E-state index contributed by atoms with van der Waals surface area (Å²) in [6, 6.07) is 10.9. The van der Waals surface area contributed by atoms with Crippen molar-refractivity contribution in [1.82, 2.24) is 5.32 Å². The summed E-state index contributed by atoms with van der Waals surface area (Å²) >= 11 is 0. The Morgan fingerprint density at radius 3 is 2.46 bits per heavy atom. The number of benzene rings is 2. The van der Waals surface area contributed by atoms with E-state index in [0.717, 1.165) is 11.6 Å². The number of carbonyl (C=O) groups excluding carboxylic acids is 2. The average Bonchev–Trinajstić information content (AvgIpc) is 2.60. The lowest BCUT2D eigenvalue weighted by molar-refractivity contribution is -0.140. The van der Waals surface area contributed by atoms with Gasteiger partial charge in [0.05, 0.1) is 5.56 Å². The van der Waals surface area contributed by atoms with Gasteiger partial charge in [-0.3, -0.25) is 4.79 Å². The zero-order valence-corrected chi connectivity index (χ0v) is 13.4. The van der Waals surface area contributed by atoms with Crippen LogP contribution in [0.4, 0.5) is 17.6 Å². The molecule has 1 unspecified atom stereocenters. The molecule has 138 valence electrons. The smallest absolute Gasteiger partial charge is 0.419 e. The van der Waals surface area contributed by atoms with E-state index in [1.54, 1.807) is 30.3 Å². The number of ether oxygens (including phenoxy) is 1. The summed E-state index contributed by atoms with van der Waals surface area (Å²) in [6.45, 7) is 0.162. The first-order valence-electron chi connectivity index (χ1n) is 7.60. The second-order valence-corrected chi connectivity index (χ2v) is 5.35. The fourth-order valence-electron chi connectivity index (χ4n) is 2.15. The van der Waals surface area contributed by atoms with E-state index in [1.165, 1.54) is 0 Å². The maximum Gasteiger partial charge on any atom is 0.419 e. The maximum absolute atomic E-state index is 13.3. The zero-order valence-electron chi connectivity index (χ0n) is 13.4. The van der Waals surface area contributed by atoms with Gasteiger partial charge in [0.15, 0.2) is 6.10 Å². The molecule has 0 aromatic heterocycles. The number of halogens is 4. The van der Waals surface area contributed by atoms with E-state index in [0.29, 0.717) is 18.4 Å². The van der Waals surface area contributed by atoms with E-state index in [1.807, 2.05) is 0 Å². The van der Waals surface area contributed by atoms with Crippen LogP contribution >= 0.6 is 0 Å². The van der Waals surface area contributed by atoms with Gasteiger partial charge in [0.2, 0.25) is 0 Å². The van der Waals surface area contributed by atoms with Gasteiger partial charge in [-0.25, -0.2) is 4.39 Å². The SMILES string of the molecule is O=CCC(Oc1ccc(F)c(C(F)(F)F)c1)C(=O)NCc1ccccc1. The number of hydrogen-bond donors (Lipinski definition) is 1. The standard InChI is InChI=1S/C18H15F4NO3/c19-15-7-6-13(10-14(15)18(20,21)22)26-16(8-9-24)17(25)23-11-12-4-2-1-3-5-12/h1-7,9-10,16H,8,11H2,(H,23,25). The van der Waals surface area contributed by atoms with Crippen molar-refractivity contribution in [2.75, 3.05) is 0 Å². The summed E-state index contributed by atoms with van der Waals surface area (Å²) in [4.78, 5) is 22.9. The molecule has 26 heavy (non-hydrogen) atoms. The van der Waals surface area contributed by atoms with Crippen molar-refractivity contribution in [2.45, 2.75) is 25.2 Å². The summed E-state index contributed by atoms with van der Waals surface area (Å²) in [7, 11) is 0. The molecule has 2 aromatic carbocycles. The Kier molecular flexibility index (Phi) is 6.32. The number of nitrogens with one attached hydrogen (secondary N) is 1. The summed E-state index contributed by atoms with van der Waals surface area (Å²) in [5.41, 5.74) is -0.712. The molecule has 0 saturated heterocycles. The number of carbonyl (C=O) groups is 2. The monoisotopic (exact) mass is 369 g/mol. The minimum atomic E-state index is -4.90. The number of alkyl halides is 3. The van der Waals surface area contributed by atoms with Gasteiger partial charge in [-0.15, -0.1) is 0 Å². The molecule has 0 bridgehead atoms. The van der Waals surface area contributed by atoms with Crippen LogP contribution in [0, 0.1) is 5.82 Å². The Bertz CT molecular complexity index is 763. The number of amides is 1. The van der Waals surface area contributed by atoms with Crippen LogP contribution in [0.15, 0.2) is 48.5 Å². The van der Waals surface area contributed by atoms with Gasteiger partial charge < -0.3 is 14.8 Å². The van der Waals surface area contributed by atoms with Gasteiger partial charge >= 0.3 is 6.18 Å². The molecule has 2 aromatic rings. The van der Waals surface area contributed by atoms with Crippen LogP contribution < -0.4 is 10.1 Å². The highest BCUT2D eigenvalue weighted by Gasteiger charge is 2.34. The fraction of sp³-hybridized carbons (Fsp3) is 0.222. The second kappa shape index (κ2) is 8.46. The summed E-state index contributed by atoms with van der Waals surface area (Å²) in [5.74, 6) is -2.48. The van der Waals surface area contributed by atoms with Crippen molar-refractivity contribution in [3.63, 3.8) is 0 Å². The van der Waals surface area contributed by atoms with Gasteiger partial charge in [0.25, 0.3) is 5.91 Å². The molecule has 1 N–H and O–H groups in total. The summed E-state index contributed by atoms with van der Waals surface area (Å²) in [5, 5.41) is 2.54. The Hall–Kier alpha value is -2.90. The second-order valence-electron chi connectivity index (χ2n) is 5.35. The van der Waals surface area contributed by atoms with Crippen LogP contribution in [0.1, 0.15) is 17.5 Å². The topological polar surface area (TPSA) is 55.4 Å². The van der Waals surface area contributed by atoms with Gasteiger partial charge in [-0.2, -0.15) is 13.2 Å². The normalized spacial score (nSPS) is 12.3. The third kappa shape index (κ3) is 5.30. The van der Waals surface area contributed by atoms with Crippen LogP contribution in [0.3, 0.4) is 0 Å². The summed E-state index contributed by atoms with van der Waals surface area (Å²) < 4.78 is 56.7. The first-order chi connectivity index (χ1) is 12.3. The number of hydrogen-bond acceptors (Lipinski definition) is 3. The quantitative estimate of drug-likeness (QED) is 0.600. The van der Waals surface area contributed by atoms with Gasteiger partial charge in [0.1, 0.15) is 17.9 Å². The van der Waals surface area contributed by atoms with Crippen LogP contribution in [0.25, 0.3) is 0 Å². The van der Waals surface area contributed by atoms with Crippen molar-refractivity contribution < 1.29 is 31.9 Å². The lowest BCUT2D eigenvalue weighted by Crippen LogP contribution is -2.38. The highest BCUT2D eigenvalue weighted by Crippen LogP contribution is 2.33. The van der Waals surface area contributed by atoms with Gasteiger partial charge in [0, 0.05) is 13.0 Å². The molecule has 0 aliphatic carbocycles. The van der Waals surface area contributed by atoms with E-state index >= 15 is 0 Å².